The smallest absolute Gasteiger partial charge is 0.0998 e. The van der Waals surface area contributed by atoms with Crippen molar-refractivity contribution in [2.75, 3.05) is 4.90 Å². The molecule has 4 nitrogen and oxygen atoms in total. The SMILES string of the molecule is Cc1ccc(N(c2ccc(/C=C\c3c(C#N)cc(C#N)cc3C#N)cc2)c2cccc3c2CCCC3)cc1. The molecule has 4 aromatic rings. The maximum absolute atomic E-state index is 9.56. The molecule has 0 aromatic heterocycles. The molecule has 0 atom stereocenters. The quantitative estimate of drug-likeness (QED) is 0.265. The highest BCUT2D eigenvalue weighted by Gasteiger charge is 2.20. The van der Waals surface area contributed by atoms with Gasteiger partial charge in [-0.1, -0.05) is 54.1 Å². The number of hydrogen-bond donors (Lipinski definition) is 0. The van der Waals surface area contributed by atoms with Gasteiger partial charge in [0.2, 0.25) is 0 Å². The Hall–Kier alpha value is -5.11. The zero-order valence-corrected chi connectivity index (χ0v) is 21.3. The van der Waals surface area contributed by atoms with Gasteiger partial charge in [-0.2, -0.15) is 15.8 Å². The fourth-order valence-electron chi connectivity index (χ4n) is 5.09. The number of anilines is 3. The van der Waals surface area contributed by atoms with Crippen molar-refractivity contribution >= 4 is 29.2 Å². The van der Waals surface area contributed by atoms with Gasteiger partial charge in [-0.3, -0.25) is 0 Å². The molecule has 0 radical (unpaired) electrons. The van der Waals surface area contributed by atoms with Crippen LogP contribution in [-0.4, -0.2) is 0 Å². The van der Waals surface area contributed by atoms with Gasteiger partial charge in [-0.15, -0.1) is 0 Å². The summed E-state index contributed by atoms with van der Waals surface area (Å²) < 4.78 is 0. The third-order valence-corrected chi connectivity index (χ3v) is 7.05. The summed E-state index contributed by atoms with van der Waals surface area (Å²) in [4.78, 5) is 2.33. The van der Waals surface area contributed by atoms with E-state index < -0.39 is 0 Å². The predicted molar refractivity (Wildman–Crippen MR) is 152 cm³/mol. The van der Waals surface area contributed by atoms with Gasteiger partial charge in [0.05, 0.1) is 34.9 Å². The minimum atomic E-state index is 0.305. The Morgan fingerprint density at radius 2 is 1.34 bits per heavy atom. The first-order chi connectivity index (χ1) is 18.6. The van der Waals surface area contributed by atoms with E-state index >= 15 is 0 Å². The monoisotopic (exact) mass is 490 g/mol. The summed E-state index contributed by atoms with van der Waals surface area (Å²) in [5.41, 5.74) is 9.91. The fraction of sp³-hybridized carbons (Fsp3) is 0.147. The zero-order valence-electron chi connectivity index (χ0n) is 21.3. The molecule has 0 N–H and O–H groups in total. The second-order valence-electron chi connectivity index (χ2n) is 9.54. The highest BCUT2D eigenvalue weighted by molar-refractivity contribution is 5.81. The number of nitrogens with zero attached hydrogens (tertiary/aromatic N) is 4. The van der Waals surface area contributed by atoms with Crippen LogP contribution in [0, 0.1) is 40.9 Å². The molecule has 5 rings (SSSR count). The lowest BCUT2D eigenvalue weighted by Gasteiger charge is -2.30. The number of benzene rings is 4. The van der Waals surface area contributed by atoms with Crippen LogP contribution in [0.3, 0.4) is 0 Å². The summed E-state index contributed by atoms with van der Waals surface area (Å²) in [5, 5.41) is 28.3. The van der Waals surface area contributed by atoms with Crippen LogP contribution in [0.4, 0.5) is 17.1 Å². The summed E-state index contributed by atoms with van der Waals surface area (Å²) in [5.74, 6) is 0. The van der Waals surface area contributed by atoms with Crippen molar-refractivity contribution in [3.8, 4) is 18.2 Å². The third-order valence-electron chi connectivity index (χ3n) is 7.05. The van der Waals surface area contributed by atoms with E-state index in [0.29, 0.717) is 22.3 Å². The van der Waals surface area contributed by atoms with Crippen LogP contribution in [0.15, 0.2) is 78.9 Å². The third kappa shape index (κ3) is 4.92. The van der Waals surface area contributed by atoms with Gasteiger partial charge in [0, 0.05) is 22.6 Å². The normalized spacial score (nSPS) is 12.3. The van der Waals surface area contributed by atoms with Crippen molar-refractivity contribution in [3.63, 3.8) is 0 Å². The van der Waals surface area contributed by atoms with E-state index in [1.807, 2.05) is 24.3 Å². The lowest BCUT2D eigenvalue weighted by Crippen LogP contribution is -2.15. The molecule has 4 aromatic carbocycles. The number of fused-ring (bicyclic) bond motifs is 1. The molecule has 0 spiro atoms. The minimum absolute atomic E-state index is 0.305. The van der Waals surface area contributed by atoms with Gasteiger partial charge >= 0.3 is 0 Å². The van der Waals surface area contributed by atoms with E-state index in [1.54, 1.807) is 6.08 Å². The summed E-state index contributed by atoms with van der Waals surface area (Å²) in [6.45, 7) is 2.10. The van der Waals surface area contributed by atoms with Crippen LogP contribution >= 0.6 is 0 Å². The van der Waals surface area contributed by atoms with Crippen LogP contribution < -0.4 is 4.90 Å². The molecule has 0 amide bonds. The van der Waals surface area contributed by atoms with E-state index in [9.17, 15) is 15.8 Å². The van der Waals surface area contributed by atoms with Crippen molar-refractivity contribution in [1.29, 1.82) is 15.8 Å². The van der Waals surface area contributed by atoms with Gasteiger partial charge < -0.3 is 4.90 Å². The first-order valence-electron chi connectivity index (χ1n) is 12.8. The Balaban J connectivity index is 1.53. The maximum Gasteiger partial charge on any atom is 0.0998 e. The molecule has 0 bridgehead atoms. The van der Waals surface area contributed by atoms with E-state index in [2.05, 4.69) is 78.6 Å². The van der Waals surface area contributed by atoms with Crippen molar-refractivity contribution in [2.45, 2.75) is 32.6 Å². The zero-order chi connectivity index (χ0) is 26.5. The molecular weight excluding hydrogens is 464 g/mol. The van der Waals surface area contributed by atoms with Crippen LogP contribution in [0.2, 0.25) is 0 Å². The number of aryl methyl sites for hydroxylation is 2. The molecule has 1 aliphatic carbocycles. The minimum Gasteiger partial charge on any atom is -0.310 e. The van der Waals surface area contributed by atoms with Gasteiger partial charge in [0.25, 0.3) is 0 Å². The Morgan fingerprint density at radius 3 is 1.97 bits per heavy atom. The molecule has 182 valence electrons. The van der Waals surface area contributed by atoms with Crippen LogP contribution in [-0.2, 0) is 12.8 Å². The average molecular weight is 491 g/mol. The summed E-state index contributed by atoms with van der Waals surface area (Å²) in [6.07, 6.45) is 8.33. The van der Waals surface area contributed by atoms with E-state index in [0.717, 1.165) is 29.8 Å². The number of nitriles is 3. The molecule has 0 unspecified atom stereocenters. The molecule has 38 heavy (non-hydrogen) atoms. The van der Waals surface area contributed by atoms with Crippen molar-refractivity contribution in [3.05, 3.63) is 123 Å². The fourth-order valence-corrected chi connectivity index (χ4v) is 5.09. The molecule has 0 saturated carbocycles. The standard InChI is InChI=1S/C34H26N4/c1-24-9-14-30(15-10-24)38(34-8-4-6-27-5-2-3-7-33(27)34)31-16-11-25(12-17-31)13-18-32-28(22-36)19-26(21-35)20-29(32)23-37/h4,6,8-20H,2-3,5,7H2,1H3/b18-13-. The molecule has 0 fully saturated rings. The summed E-state index contributed by atoms with van der Waals surface area (Å²) >= 11 is 0. The van der Waals surface area contributed by atoms with Gasteiger partial charge in [-0.05, 0) is 91.8 Å². The van der Waals surface area contributed by atoms with Crippen LogP contribution in [0.1, 0.15) is 57.3 Å². The number of hydrogen-bond acceptors (Lipinski definition) is 4. The van der Waals surface area contributed by atoms with Crippen LogP contribution in [0.5, 0.6) is 0 Å². The van der Waals surface area contributed by atoms with Crippen molar-refractivity contribution in [1.82, 2.24) is 0 Å². The molecule has 0 aliphatic heterocycles. The molecule has 0 heterocycles. The topological polar surface area (TPSA) is 74.6 Å². The van der Waals surface area contributed by atoms with Gasteiger partial charge in [-0.25, -0.2) is 0 Å². The Kier molecular flexibility index (Phi) is 7.04. The second-order valence-corrected chi connectivity index (χ2v) is 9.54. The summed E-state index contributed by atoms with van der Waals surface area (Å²) in [6, 6.07) is 32.8. The first kappa shape index (κ1) is 24.6. The van der Waals surface area contributed by atoms with E-state index in [1.165, 1.54) is 47.4 Å². The molecular formula is C34H26N4. The Bertz CT molecular complexity index is 1600. The van der Waals surface area contributed by atoms with E-state index in [4.69, 9.17) is 0 Å². The average Bonchev–Trinajstić information content (AvgIpc) is 2.97. The largest absolute Gasteiger partial charge is 0.310 e. The molecule has 4 heteroatoms. The molecule has 1 aliphatic rings. The van der Waals surface area contributed by atoms with Crippen molar-refractivity contribution < 1.29 is 0 Å². The Labute approximate surface area is 223 Å². The highest BCUT2D eigenvalue weighted by Crippen LogP contribution is 2.40. The van der Waals surface area contributed by atoms with E-state index in [-0.39, 0.29) is 0 Å². The Morgan fingerprint density at radius 1 is 0.711 bits per heavy atom. The lowest BCUT2D eigenvalue weighted by molar-refractivity contribution is 0.686. The van der Waals surface area contributed by atoms with Crippen LogP contribution in [0.25, 0.3) is 12.2 Å². The second kappa shape index (κ2) is 10.9. The predicted octanol–water partition coefficient (Wildman–Crippen LogP) is 8.13. The maximum atomic E-state index is 9.56. The van der Waals surface area contributed by atoms with Gasteiger partial charge in [0.15, 0.2) is 0 Å². The number of rotatable bonds is 5. The molecule has 0 saturated heterocycles. The first-order valence-corrected chi connectivity index (χ1v) is 12.8. The summed E-state index contributed by atoms with van der Waals surface area (Å²) in [7, 11) is 0. The highest BCUT2D eigenvalue weighted by atomic mass is 15.1. The van der Waals surface area contributed by atoms with Gasteiger partial charge in [0.1, 0.15) is 0 Å². The lowest BCUT2D eigenvalue weighted by atomic mass is 9.90. The van der Waals surface area contributed by atoms with Crippen molar-refractivity contribution in [2.24, 2.45) is 0 Å².